The number of nitrogens with one attached hydrogen (secondary N) is 1. The van der Waals surface area contributed by atoms with Crippen LogP contribution in [0.2, 0.25) is 0 Å². The number of hydrogen-bond acceptors (Lipinski definition) is 4. The average Bonchev–Trinajstić information content (AvgIpc) is 2.80. The number of H-pyrrole nitrogens is 1. The van der Waals surface area contributed by atoms with Crippen molar-refractivity contribution in [1.29, 1.82) is 0 Å². The highest BCUT2D eigenvalue weighted by atomic mass is 35.5. The number of phenols is 1. The average molecular weight is 339 g/mol. The van der Waals surface area contributed by atoms with Crippen molar-refractivity contribution in [3.63, 3.8) is 0 Å². The Hall–Kier alpha value is -2.21. The first-order valence-electron chi connectivity index (χ1n) is 7.24. The number of aromatic hydroxyl groups is 1. The molecular formula is C16H23ClN4O2. The Labute approximate surface area is 142 Å². The largest absolute Gasteiger partial charge is 0.508 e. The van der Waals surface area contributed by atoms with Gasteiger partial charge in [-0.05, 0) is 50.5 Å². The van der Waals surface area contributed by atoms with Gasteiger partial charge >= 0.3 is 0 Å². The van der Waals surface area contributed by atoms with Gasteiger partial charge in [0.25, 0.3) is 5.91 Å². The van der Waals surface area contributed by atoms with Crippen LogP contribution in [0, 0.1) is 13.8 Å². The first kappa shape index (κ1) is 18.8. The van der Waals surface area contributed by atoms with Gasteiger partial charge in [-0.15, -0.1) is 12.4 Å². The van der Waals surface area contributed by atoms with E-state index in [1.54, 1.807) is 11.9 Å². The topological polar surface area (TPSA) is 95.2 Å². The Kier molecular flexibility index (Phi) is 6.45. The fourth-order valence-corrected chi connectivity index (χ4v) is 2.47. The standard InChI is InChI=1S/C16H22N4O2.ClH/c1-10-13(11(2)19-18-10)5-4-8-20(3)16(22)14-9-12(21)6-7-15(14)17;/h6-7,9,21H,4-5,8,17H2,1-3H3,(H,18,19);1H. The SMILES string of the molecule is Cc1n[nH]c(C)c1CCCN(C)C(=O)c1cc(O)ccc1N.Cl. The van der Waals surface area contributed by atoms with Crippen LogP contribution >= 0.6 is 12.4 Å². The highest BCUT2D eigenvalue weighted by Crippen LogP contribution is 2.20. The van der Waals surface area contributed by atoms with Crippen molar-refractivity contribution in [2.24, 2.45) is 0 Å². The first-order chi connectivity index (χ1) is 10.4. The molecule has 6 nitrogen and oxygen atoms in total. The van der Waals surface area contributed by atoms with E-state index in [-0.39, 0.29) is 24.1 Å². The Morgan fingerprint density at radius 2 is 2.09 bits per heavy atom. The Morgan fingerprint density at radius 1 is 1.39 bits per heavy atom. The van der Waals surface area contributed by atoms with Crippen molar-refractivity contribution >= 4 is 24.0 Å². The molecule has 0 saturated heterocycles. The zero-order chi connectivity index (χ0) is 16.3. The molecule has 0 fully saturated rings. The molecule has 23 heavy (non-hydrogen) atoms. The number of anilines is 1. The van der Waals surface area contributed by atoms with E-state index in [1.807, 2.05) is 13.8 Å². The van der Waals surface area contributed by atoms with Crippen LogP contribution in [0.15, 0.2) is 18.2 Å². The third-order valence-corrected chi connectivity index (χ3v) is 3.81. The molecule has 1 aromatic heterocycles. The van der Waals surface area contributed by atoms with E-state index in [4.69, 9.17) is 5.73 Å². The molecule has 0 bridgehead atoms. The third kappa shape index (κ3) is 4.39. The van der Waals surface area contributed by atoms with Crippen molar-refractivity contribution in [2.75, 3.05) is 19.3 Å². The number of aromatic nitrogens is 2. The van der Waals surface area contributed by atoms with Gasteiger partial charge in [0.2, 0.25) is 0 Å². The molecule has 2 rings (SSSR count). The lowest BCUT2D eigenvalue weighted by atomic mass is 10.1. The smallest absolute Gasteiger partial charge is 0.255 e. The maximum Gasteiger partial charge on any atom is 0.255 e. The van der Waals surface area contributed by atoms with Crippen LogP contribution in [-0.4, -0.2) is 39.7 Å². The number of nitrogen functional groups attached to an aromatic ring is 1. The lowest BCUT2D eigenvalue weighted by Gasteiger charge is -2.18. The summed E-state index contributed by atoms with van der Waals surface area (Å²) in [5.74, 6) is -0.148. The molecule has 4 N–H and O–H groups in total. The van der Waals surface area contributed by atoms with Crippen LogP contribution in [0.3, 0.4) is 0 Å². The summed E-state index contributed by atoms with van der Waals surface area (Å²) < 4.78 is 0. The minimum atomic E-state index is -0.186. The number of phenolic OH excluding ortho intramolecular Hbond substituents is 1. The maximum atomic E-state index is 12.4. The molecule has 2 aromatic rings. The number of hydrogen-bond donors (Lipinski definition) is 3. The summed E-state index contributed by atoms with van der Waals surface area (Å²) in [7, 11) is 1.74. The van der Waals surface area contributed by atoms with E-state index in [9.17, 15) is 9.90 Å². The van der Waals surface area contributed by atoms with Gasteiger partial charge in [0.15, 0.2) is 0 Å². The maximum absolute atomic E-state index is 12.4. The third-order valence-electron chi connectivity index (χ3n) is 3.81. The highest BCUT2D eigenvalue weighted by Gasteiger charge is 2.15. The molecule has 0 unspecified atom stereocenters. The first-order valence-corrected chi connectivity index (χ1v) is 7.24. The molecule has 7 heteroatoms. The van der Waals surface area contributed by atoms with Crippen molar-refractivity contribution in [3.05, 3.63) is 40.7 Å². The predicted molar refractivity (Wildman–Crippen MR) is 93.1 cm³/mol. The van der Waals surface area contributed by atoms with E-state index in [1.165, 1.54) is 23.8 Å². The summed E-state index contributed by atoms with van der Waals surface area (Å²) in [6.45, 7) is 4.58. The zero-order valence-electron chi connectivity index (χ0n) is 13.6. The van der Waals surface area contributed by atoms with E-state index in [0.717, 1.165) is 24.2 Å². The fraction of sp³-hybridized carbons (Fsp3) is 0.375. The number of amides is 1. The van der Waals surface area contributed by atoms with Gasteiger partial charge in [-0.25, -0.2) is 0 Å². The van der Waals surface area contributed by atoms with Crippen LogP contribution in [0.1, 0.15) is 33.7 Å². The molecule has 0 aliphatic heterocycles. The number of carbonyl (C=O) groups is 1. The van der Waals surface area contributed by atoms with Gasteiger partial charge in [0.05, 0.1) is 11.3 Å². The summed E-state index contributed by atoms with van der Waals surface area (Å²) in [6, 6.07) is 4.41. The van der Waals surface area contributed by atoms with Crippen molar-refractivity contribution in [1.82, 2.24) is 15.1 Å². The molecule has 1 amide bonds. The van der Waals surface area contributed by atoms with Gasteiger partial charge in [-0.3, -0.25) is 9.89 Å². The normalized spacial score (nSPS) is 10.2. The van der Waals surface area contributed by atoms with Crippen LogP contribution in [0.5, 0.6) is 5.75 Å². The van der Waals surface area contributed by atoms with E-state index in [0.29, 0.717) is 17.8 Å². The molecule has 0 radical (unpaired) electrons. The molecule has 1 aromatic carbocycles. The summed E-state index contributed by atoms with van der Waals surface area (Å²) >= 11 is 0. The summed E-state index contributed by atoms with van der Waals surface area (Å²) in [5.41, 5.74) is 9.79. The van der Waals surface area contributed by atoms with Crippen LogP contribution in [0.25, 0.3) is 0 Å². The number of aryl methyl sites for hydroxylation is 2. The molecule has 1 heterocycles. The zero-order valence-corrected chi connectivity index (χ0v) is 14.4. The number of nitrogens with zero attached hydrogens (tertiary/aromatic N) is 2. The molecule has 0 aliphatic carbocycles. The Morgan fingerprint density at radius 3 is 2.70 bits per heavy atom. The van der Waals surface area contributed by atoms with Gasteiger partial charge in [-0.1, -0.05) is 0 Å². The van der Waals surface area contributed by atoms with Gasteiger partial charge in [0.1, 0.15) is 5.75 Å². The summed E-state index contributed by atoms with van der Waals surface area (Å²) in [5, 5.41) is 16.6. The highest BCUT2D eigenvalue weighted by molar-refractivity contribution is 5.99. The second-order valence-corrected chi connectivity index (χ2v) is 5.51. The van der Waals surface area contributed by atoms with E-state index < -0.39 is 0 Å². The second kappa shape index (κ2) is 7.87. The van der Waals surface area contributed by atoms with E-state index in [2.05, 4.69) is 10.2 Å². The number of nitrogens with two attached hydrogens (primary N) is 1. The van der Waals surface area contributed by atoms with Crippen molar-refractivity contribution in [3.8, 4) is 5.75 Å². The number of aromatic amines is 1. The Balaban J connectivity index is 0.00000264. The van der Waals surface area contributed by atoms with E-state index >= 15 is 0 Å². The number of carbonyl (C=O) groups excluding carboxylic acids is 1. The van der Waals surface area contributed by atoms with Crippen molar-refractivity contribution in [2.45, 2.75) is 26.7 Å². The minimum Gasteiger partial charge on any atom is -0.508 e. The molecule has 0 atom stereocenters. The Bertz CT molecular complexity index is 665. The molecular weight excluding hydrogens is 316 g/mol. The second-order valence-electron chi connectivity index (χ2n) is 5.51. The molecule has 0 aliphatic rings. The number of benzene rings is 1. The van der Waals surface area contributed by atoms with Crippen molar-refractivity contribution < 1.29 is 9.90 Å². The predicted octanol–water partition coefficient (Wildman–Crippen LogP) is 2.44. The fourth-order valence-electron chi connectivity index (χ4n) is 2.47. The van der Waals surface area contributed by atoms with Crippen LogP contribution in [0.4, 0.5) is 5.69 Å². The van der Waals surface area contributed by atoms with Crippen LogP contribution in [-0.2, 0) is 6.42 Å². The van der Waals surface area contributed by atoms with Gasteiger partial charge < -0.3 is 15.7 Å². The van der Waals surface area contributed by atoms with Gasteiger partial charge in [0, 0.05) is 25.0 Å². The summed E-state index contributed by atoms with van der Waals surface area (Å²) in [6.07, 6.45) is 1.70. The molecule has 126 valence electrons. The minimum absolute atomic E-state index is 0. The van der Waals surface area contributed by atoms with Crippen LogP contribution < -0.4 is 5.73 Å². The molecule has 0 saturated carbocycles. The number of rotatable bonds is 5. The molecule has 0 spiro atoms. The lowest BCUT2D eigenvalue weighted by molar-refractivity contribution is 0.0794. The van der Waals surface area contributed by atoms with Gasteiger partial charge in [-0.2, -0.15) is 5.10 Å². The quantitative estimate of drug-likeness (QED) is 0.576. The number of halogens is 1. The summed E-state index contributed by atoms with van der Waals surface area (Å²) in [4.78, 5) is 14.0. The monoisotopic (exact) mass is 338 g/mol. The lowest BCUT2D eigenvalue weighted by Crippen LogP contribution is -2.28.